The number of amides is 1. The molecule has 1 aromatic carbocycles. The molecular formula is C22H27F4N7OS. The Kier molecular flexibility index (Phi) is 9.15. The van der Waals surface area contributed by atoms with Gasteiger partial charge in [0.2, 0.25) is 0 Å². The van der Waals surface area contributed by atoms with Crippen LogP contribution in [0.2, 0.25) is 0 Å². The number of nitrogens with two attached hydrogens (primary N) is 1. The van der Waals surface area contributed by atoms with E-state index in [-0.39, 0.29) is 33.9 Å². The number of aliphatic imine (C=N–C) groups is 1. The number of thiazole rings is 1. The number of hydrogen-bond donors (Lipinski definition) is 4. The molecule has 5 N–H and O–H groups in total. The summed E-state index contributed by atoms with van der Waals surface area (Å²) in [6, 6.07) is 2.41. The molecule has 1 amide bonds. The number of alkyl halides is 2. The topological polar surface area (TPSA) is 119 Å². The second kappa shape index (κ2) is 12.1. The molecule has 1 saturated heterocycles. The summed E-state index contributed by atoms with van der Waals surface area (Å²) < 4.78 is 53.3. The Labute approximate surface area is 204 Å². The molecule has 13 heteroatoms. The fourth-order valence-corrected chi connectivity index (χ4v) is 4.83. The van der Waals surface area contributed by atoms with Gasteiger partial charge in [0.05, 0.1) is 12.1 Å². The molecular weight excluding hydrogens is 486 g/mol. The summed E-state index contributed by atoms with van der Waals surface area (Å²) in [7, 11) is 1.53. The van der Waals surface area contributed by atoms with Crippen molar-refractivity contribution in [3.63, 3.8) is 0 Å². The lowest BCUT2D eigenvalue weighted by atomic mass is 10.1. The minimum Gasteiger partial charge on any atom is -0.389 e. The summed E-state index contributed by atoms with van der Waals surface area (Å²) in [5.41, 5.74) is 5.35. The van der Waals surface area contributed by atoms with Gasteiger partial charge in [0.1, 0.15) is 33.5 Å². The maximum atomic E-state index is 14.1. The van der Waals surface area contributed by atoms with Gasteiger partial charge in [-0.25, -0.2) is 22.5 Å². The summed E-state index contributed by atoms with van der Waals surface area (Å²) in [5.74, 6) is -1.95. The van der Waals surface area contributed by atoms with Crippen molar-refractivity contribution in [2.24, 2.45) is 4.99 Å². The third kappa shape index (κ3) is 6.54. The maximum Gasteiger partial charge on any atom is 0.273 e. The number of benzene rings is 1. The molecule has 2 unspecified atom stereocenters. The zero-order chi connectivity index (χ0) is 25.5. The number of aromatic nitrogens is 1. The Balaban J connectivity index is 1.72. The van der Waals surface area contributed by atoms with E-state index in [1.807, 2.05) is 4.90 Å². The molecule has 1 aromatic heterocycles. The quantitative estimate of drug-likeness (QED) is 0.246. The monoisotopic (exact) mass is 513 g/mol. The lowest BCUT2D eigenvalue weighted by Gasteiger charge is -2.28. The molecule has 0 spiro atoms. The highest BCUT2D eigenvalue weighted by Crippen LogP contribution is 2.33. The van der Waals surface area contributed by atoms with Gasteiger partial charge in [-0.1, -0.05) is 17.4 Å². The van der Waals surface area contributed by atoms with Crippen LogP contribution >= 0.6 is 11.3 Å². The highest BCUT2D eigenvalue weighted by molar-refractivity contribution is 7.19. The number of rotatable bonds is 8. The Hall–Kier alpha value is -3.06. The van der Waals surface area contributed by atoms with Gasteiger partial charge in [-0.05, 0) is 31.4 Å². The minimum atomic E-state index is -2.42. The normalized spacial score (nSPS) is 17.8. The van der Waals surface area contributed by atoms with E-state index in [2.05, 4.69) is 20.6 Å². The number of nitrogens with zero attached hydrogens (tertiary/aromatic N) is 3. The molecule has 0 radical (unpaired) electrons. The molecule has 0 saturated carbocycles. The van der Waals surface area contributed by atoms with Crippen LogP contribution in [0, 0.1) is 17.0 Å². The van der Waals surface area contributed by atoms with Gasteiger partial charge in [0, 0.05) is 32.4 Å². The highest BCUT2D eigenvalue weighted by atomic mass is 32.1. The van der Waals surface area contributed by atoms with E-state index >= 15 is 0 Å². The molecule has 2 atom stereocenters. The first kappa shape index (κ1) is 26.5. The second-order valence-electron chi connectivity index (χ2n) is 7.94. The van der Waals surface area contributed by atoms with Crippen molar-refractivity contribution < 1.29 is 22.4 Å². The van der Waals surface area contributed by atoms with E-state index in [1.54, 1.807) is 0 Å². The Morgan fingerprint density at radius 1 is 1.34 bits per heavy atom. The Morgan fingerprint density at radius 3 is 2.69 bits per heavy atom. The summed E-state index contributed by atoms with van der Waals surface area (Å²) in [4.78, 5) is 23.1. The average Bonchev–Trinajstić information content (AvgIpc) is 3.04. The number of carbonyl (C=O) groups excluding carboxylic acids is 1. The van der Waals surface area contributed by atoms with Gasteiger partial charge < -0.3 is 26.7 Å². The van der Waals surface area contributed by atoms with Gasteiger partial charge in [-0.2, -0.15) is 0 Å². The van der Waals surface area contributed by atoms with E-state index in [1.165, 1.54) is 13.1 Å². The minimum absolute atomic E-state index is 0.0263. The van der Waals surface area contributed by atoms with Crippen molar-refractivity contribution in [2.45, 2.75) is 37.8 Å². The number of anilines is 1. The predicted octanol–water partition coefficient (Wildman–Crippen LogP) is 3.16. The lowest BCUT2D eigenvalue weighted by Crippen LogP contribution is -2.50. The largest absolute Gasteiger partial charge is 0.389 e. The van der Waals surface area contributed by atoms with Gasteiger partial charge in [0.25, 0.3) is 12.3 Å². The SMILES string of the molecule is CN=C(C(C=N)NC(=O)c1nc(-c2c(F)cccc2F)sc1N)N1CCCC(NCC(F)F)CC1. The maximum absolute atomic E-state index is 14.1. The van der Waals surface area contributed by atoms with E-state index < -0.39 is 30.0 Å². The summed E-state index contributed by atoms with van der Waals surface area (Å²) >= 11 is 0.778. The molecule has 1 aliphatic heterocycles. The van der Waals surface area contributed by atoms with Crippen molar-refractivity contribution in [2.75, 3.05) is 32.4 Å². The first-order valence-corrected chi connectivity index (χ1v) is 11.8. The number of carbonyl (C=O) groups is 1. The Morgan fingerprint density at radius 2 is 2.06 bits per heavy atom. The van der Waals surface area contributed by atoms with Gasteiger partial charge in [0.15, 0.2) is 5.69 Å². The van der Waals surface area contributed by atoms with Crippen LogP contribution in [0.4, 0.5) is 22.6 Å². The summed E-state index contributed by atoms with van der Waals surface area (Å²) in [5, 5.41) is 13.2. The van der Waals surface area contributed by atoms with Crippen LogP contribution < -0.4 is 16.4 Å². The smallest absolute Gasteiger partial charge is 0.273 e. The molecule has 3 rings (SSSR count). The van der Waals surface area contributed by atoms with Crippen molar-refractivity contribution >= 4 is 34.3 Å². The fraction of sp³-hybridized carbons (Fsp3) is 0.455. The predicted molar refractivity (Wildman–Crippen MR) is 128 cm³/mol. The summed E-state index contributed by atoms with van der Waals surface area (Å²) in [6.07, 6.45) is 0.619. The number of halogens is 4. The van der Waals surface area contributed by atoms with Crippen LogP contribution in [0.15, 0.2) is 23.2 Å². The van der Waals surface area contributed by atoms with Crippen molar-refractivity contribution in [1.29, 1.82) is 5.41 Å². The molecule has 0 aliphatic carbocycles. The standard InChI is InChI=1S/C22H27F4N7OS/c1-29-20(33-8-3-4-12(7-9-33)30-11-16(25)26)15(10-27)31-21(34)18-19(28)35-22(32-18)17-13(23)5-2-6-14(17)24/h2,5-6,10,12,15-16,27,30H,3-4,7-9,11,28H2,1H3,(H,31,34). The van der Waals surface area contributed by atoms with E-state index in [0.29, 0.717) is 31.8 Å². The number of hydrogen-bond acceptors (Lipinski definition) is 7. The first-order chi connectivity index (χ1) is 16.7. The molecule has 8 nitrogen and oxygen atoms in total. The summed E-state index contributed by atoms with van der Waals surface area (Å²) in [6.45, 7) is 0.713. The number of nitrogens with one attached hydrogen (secondary N) is 3. The Bertz CT molecular complexity index is 1060. The molecule has 1 aliphatic rings. The third-order valence-electron chi connectivity index (χ3n) is 5.62. The van der Waals surface area contributed by atoms with E-state index in [9.17, 15) is 22.4 Å². The highest BCUT2D eigenvalue weighted by Gasteiger charge is 2.28. The van der Waals surface area contributed by atoms with Crippen LogP contribution in [0.1, 0.15) is 29.8 Å². The van der Waals surface area contributed by atoms with E-state index in [4.69, 9.17) is 11.1 Å². The van der Waals surface area contributed by atoms with E-state index in [0.717, 1.165) is 36.1 Å². The molecule has 0 bridgehead atoms. The van der Waals surface area contributed by atoms with Gasteiger partial charge in [-0.15, -0.1) is 0 Å². The molecule has 2 heterocycles. The van der Waals surface area contributed by atoms with Crippen LogP contribution in [-0.2, 0) is 0 Å². The van der Waals surface area contributed by atoms with Crippen molar-refractivity contribution in [1.82, 2.24) is 20.5 Å². The van der Waals surface area contributed by atoms with Gasteiger partial charge >= 0.3 is 0 Å². The average molecular weight is 514 g/mol. The second-order valence-corrected chi connectivity index (χ2v) is 8.97. The number of amidine groups is 1. The molecule has 35 heavy (non-hydrogen) atoms. The molecule has 2 aromatic rings. The van der Waals surface area contributed by atoms with Crippen LogP contribution in [0.3, 0.4) is 0 Å². The molecule has 190 valence electrons. The van der Waals surface area contributed by atoms with Crippen LogP contribution in [-0.4, -0.2) is 73.0 Å². The van der Waals surface area contributed by atoms with Crippen LogP contribution in [0.5, 0.6) is 0 Å². The zero-order valence-electron chi connectivity index (χ0n) is 19.0. The molecule has 1 fully saturated rings. The van der Waals surface area contributed by atoms with Crippen molar-refractivity contribution in [3.8, 4) is 10.6 Å². The van der Waals surface area contributed by atoms with Gasteiger partial charge in [-0.3, -0.25) is 9.79 Å². The number of nitrogen functional groups attached to an aromatic ring is 1. The van der Waals surface area contributed by atoms with Crippen LogP contribution in [0.25, 0.3) is 10.6 Å². The first-order valence-electron chi connectivity index (χ1n) is 11.0. The fourth-order valence-electron chi connectivity index (χ4n) is 3.96. The lowest BCUT2D eigenvalue weighted by molar-refractivity contribution is 0.0949. The third-order valence-corrected chi connectivity index (χ3v) is 6.52. The van der Waals surface area contributed by atoms with Crippen molar-refractivity contribution in [3.05, 3.63) is 35.5 Å². The zero-order valence-corrected chi connectivity index (χ0v) is 19.8. The number of likely N-dealkylation sites (tertiary alicyclic amines) is 1.